The third-order valence-corrected chi connectivity index (χ3v) is 6.20. The molecular weight excluding hydrogens is 316 g/mol. The lowest BCUT2D eigenvalue weighted by molar-refractivity contribution is 0.582. The molecule has 0 radical (unpaired) electrons. The van der Waals surface area contributed by atoms with Crippen molar-refractivity contribution in [3.8, 4) is 0 Å². The van der Waals surface area contributed by atoms with Gasteiger partial charge in [0.2, 0.25) is 0 Å². The predicted molar refractivity (Wildman–Crippen MR) is 81.7 cm³/mol. The zero-order valence-corrected chi connectivity index (χ0v) is 13.6. The highest BCUT2D eigenvalue weighted by Crippen LogP contribution is 2.26. The van der Waals surface area contributed by atoms with E-state index in [4.69, 9.17) is 11.6 Å². The lowest BCUT2D eigenvalue weighted by atomic mass is 10.1. The Balaban J connectivity index is 2.20. The van der Waals surface area contributed by atoms with Crippen LogP contribution in [0, 0.1) is 6.92 Å². The van der Waals surface area contributed by atoms with Crippen LogP contribution in [0.4, 0.5) is 0 Å². The SMILES string of the molecule is CCc1ccccc1CNS(=O)(=O)c1sc(Cl)nc1C. The summed E-state index contributed by atoms with van der Waals surface area (Å²) in [6.45, 7) is 3.94. The second kappa shape index (κ2) is 6.22. The average molecular weight is 331 g/mol. The van der Waals surface area contributed by atoms with E-state index >= 15 is 0 Å². The number of sulfonamides is 1. The number of nitrogens with zero attached hydrogens (tertiary/aromatic N) is 1. The molecule has 0 aliphatic heterocycles. The highest BCUT2D eigenvalue weighted by atomic mass is 35.5. The van der Waals surface area contributed by atoms with E-state index in [9.17, 15) is 8.42 Å². The standard InChI is InChI=1S/C13H15ClN2O2S2/c1-3-10-6-4-5-7-11(10)8-15-20(17,18)12-9(2)16-13(14)19-12/h4-7,15H,3,8H2,1-2H3. The van der Waals surface area contributed by atoms with Crippen molar-refractivity contribution >= 4 is 33.0 Å². The number of benzene rings is 1. The van der Waals surface area contributed by atoms with Crippen LogP contribution >= 0.6 is 22.9 Å². The maximum atomic E-state index is 12.2. The van der Waals surface area contributed by atoms with Gasteiger partial charge in [0.25, 0.3) is 10.0 Å². The van der Waals surface area contributed by atoms with E-state index in [1.54, 1.807) is 6.92 Å². The van der Waals surface area contributed by atoms with Crippen LogP contribution in [-0.2, 0) is 23.0 Å². The number of rotatable bonds is 5. The molecule has 2 aromatic rings. The molecule has 0 unspecified atom stereocenters. The Morgan fingerprint density at radius 2 is 1.95 bits per heavy atom. The van der Waals surface area contributed by atoms with Gasteiger partial charge in [0.15, 0.2) is 8.68 Å². The summed E-state index contributed by atoms with van der Waals surface area (Å²) in [6.07, 6.45) is 0.864. The van der Waals surface area contributed by atoms with Gasteiger partial charge in [-0.3, -0.25) is 0 Å². The van der Waals surface area contributed by atoms with Gasteiger partial charge < -0.3 is 0 Å². The second-order valence-electron chi connectivity index (χ2n) is 4.29. The fraction of sp³-hybridized carbons (Fsp3) is 0.308. The molecular formula is C13H15ClN2O2S2. The quantitative estimate of drug-likeness (QED) is 0.916. The predicted octanol–water partition coefficient (Wildman–Crippen LogP) is 3.15. The fourth-order valence-corrected chi connectivity index (χ4v) is 4.70. The smallest absolute Gasteiger partial charge is 0.229 e. The van der Waals surface area contributed by atoms with E-state index in [1.807, 2.05) is 31.2 Å². The summed E-state index contributed by atoms with van der Waals surface area (Å²) in [4.78, 5) is 3.93. The first-order valence-electron chi connectivity index (χ1n) is 6.13. The summed E-state index contributed by atoms with van der Waals surface area (Å²) >= 11 is 6.72. The summed E-state index contributed by atoms with van der Waals surface area (Å²) in [5.41, 5.74) is 2.54. The van der Waals surface area contributed by atoms with Crippen LogP contribution in [-0.4, -0.2) is 13.4 Å². The molecule has 0 spiro atoms. The minimum atomic E-state index is -3.57. The molecule has 1 aromatic heterocycles. The summed E-state index contributed by atoms with van der Waals surface area (Å²) < 4.78 is 27.5. The van der Waals surface area contributed by atoms with Gasteiger partial charge in [0.05, 0.1) is 5.69 Å². The summed E-state index contributed by atoms with van der Waals surface area (Å²) in [6, 6.07) is 7.77. The van der Waals surface area contributed by atoms with E-state index < -0.39 is 10.0 Å². The van der Waals surface area contributed by atoms with Crippen molar-refractivity contribution in [3.05, 3.63) is 45.6 Å². The topological polar surface area (TPSA) is 59.1 Å². The van der Waals surface area contributed by atoms with Crippen LogP contribution in [0.1, 0.15) is 23.7 Å². The third-order valence-electron chi connectivity index (χ3n) is 2.92. The zero-order valence-electron chi connectivity index (χ0n) is 11.2. The molecule has 0 saturated heterocycles. The van der Waals surface area contributed by atoms with Gasteiger partial charge in [-0.05, 0) is 24.5 Å². The molecule has 4 nitrogen and oxygen atoms in total. The maximum absolute atomic E-state index is 12.2. The molecule has 0 aliphatic rings. The average Bonchev–Trinajstić information content (AvgIpc) is 2.76. The van der Waals surface area contributed by atoms with E-state index in [0.717, 1.165) is 28.9 Å². The molecule has 1 heterocycles. The zero-order chi connectivity index (χ0) is 14.8. The molecule has 0 bridgehead atoms. The number of aromatic nitrogens is 1. The van der Waals surface area contributed by atoms with E-state index in [1.165, 1.54) is 0 Å². The Morgan fingerprint density at radius 3 is 2.50 bits per heavy atom. The van der Waals surface area contributed by atoms with Crippen LogP contribution in [0.5, 0.6) is 0 Å². The number of hydrogen-bond donors (Lipinski definition) is 1. The molecule has 108 valence electrons. The number of halogens is 1. The highest BCUT2D eigenvalue weighted by Gasteiger charge is 2.21. The molecule has 1 aromatic carbocycles. The van der Waals surface area contributed by atoms with Gasteiger partial charge >= 0.3 is 0 Å². The first kappa shape index (κ1) is 15.4. The molecule has 20 heavy (non-hydrogen) atoms. The molecule has 0 aliphatic carbocycles. The van der Waals surface area contributed by atoms with Gasteiger partial charge in [-0.1, -0.05) is 54.1 Å². The maximum Gasteiger partial charge on any atom is 0.252 e. The van der Waals surface area contributed by atoms with Crippen LogP contribution in [0.15, 0.2) is 28.5 Å². The van der Waals surface area contributed by atoms with Crippen molar-refractivity contribution in [2.45, 2.75) is 31.0 Å². The van der Waals surface area contributed by atoms with Crippen molar-refractivity contribution in [1.82, 2.24) is 9.71 Å². The van der Waals surface area contributed by atoms with Crippen molar-refractivity contribution in [2.24, 2.45) is 0 Å². The van der Waals surface area contributed by atoms with Crippen LogP contribution < -0.4 is 4.72 Å². The van der Waals surface area contributed by atoms with Gasteiger partial charge in [0.1, 0.15) is 0 Å². The molecule has 7 heteroatoms. The molecule has 0 fully saturated rings. The molecule has 1 N–H and O–H groups in total. The lowest BCUT2D eigenvalue weighted by Gasteiger charge is -2.09. The van der Waals surface area contributed by atoms with E-state index in [0.29, 0.717) is 5.69 Å². The molecule has 0 amide bonds. The van der Waals surface area contributed by atoms with E-state index in [-0.39, 0.29) is 15.2 Å². The first-order chi connectivity index (χ1) is 9.44. The van der Waals surface area contributed by atoms with E-state index in [2.05, 4.69) is 9.71 Å². The van der Waals surface area contributed by atoms with Gasteiger partial charge in [0, 0.05) is 6.54 Å². The molecule has 0 atom stereocenters. The fourth-order valence-electron chi connectivity index (χ4n) is 1.91. The van der Waals surface area contributed by atoms with Crippen molar-refractivity contribution in [3.63, 3.8) is 0 Å². The highest BCUT2D eigenvalue weighted by molar-refractivity contribution is 7.91. The number of nitrogens with one attached hydrogen (secondary N) is 1. The Hall–Kier alpha value is -0.950. The Morgan fingerprint density at radius 1 is 1.30 bits per heavy atom. The first-order valence-corrected chi connectivity index (χ1v) is 8.81. The number of thiazole rings is 1. The van der Waals surface area contributed by atoms with Crippen LogP contribution in [0.3, 0.4) is 0 Å². The minimum Gasteiger partial charge on any atom is -0.229 e. The normalized spacial score (nSPS) is 11.8. The van der Waals surface area contributed by atoms with Gasteiger partial charge in [-0.2, -0.15) is 0 Å². The van der Waals surface area contributed by atoms with Crippen molar-refractivity contribution in [1.29, 1.82) is 0 Å². The largest absolute Gasteiger partial charge is 0.252 e. The Bertz CT molecular complexity index is 711. The monoisotopic (exact) mass is 330 g/mol. The van der Waals surface area contributed by atoms with Crippen molar-refractivity contribution < 1.29 is 8.42 Å². The summed E-state index contributed by atoms with van der Waals surface area (Å²) in [5.74, 6) is 0. The van der Waals surface area contributed by atoms with Crippen LogP contribution in [0.25, 0.3) is 0 Å². The Labute approximate surface area is 127 Å². The lowest BCUT2D eigenvalue weighted by Crippen LogP contribution is -2.23. The van der Waals surface area contributed by atoms with Gasteiger partial charge in [-0.15, -0.1) is 0 Å². The summed E-state index contributed by atoms with van der Waals surface area (Å²) in [5, 5.41) is 0. The van der Waals surface area contributed by atoms with Gasteiger partial charge in [-0.25, -0.2) is 18.1 Å². The molecule has 2 rings (SSSR count). The number of aryl methyl sites for hydroxylation is 2. The van der Waals surface area contributed by atoms with Crippen LogP contribution in [0.2, 0.25) is 4.47 Å². The molecule has 0 saturated carbocycles. The Kier molecular flexibility index (Phi) is 4.80. The summed E-state index contributed by atoms with van der Waals surface area (Å²) in [7, 11) is -3.57. The number of hydrogen-bond acceptors (Lipinski definition) is 4. The third kappa shape index (κ3) is 3.38. The minimum absolute atomic E-state index is 0.177. The second-order valence-corrected chi connectivity index (χ2v) is 7.83. The van der Waals surface area contributed by atoms with Crippen molar-refractivity contribution in [2.75, 3.05) is 0 Å².